The van der Waals surface area contributed by atoms with E-state index in [0.717, 1.165) is 11.6 Å². The van der Waals surface area contributed by atoms with Crippen LogP contribution in [0.15, 0.2) is 91.0 Å². The highest BCUT2D eigenvalue weighted by atomic mass is 28.4. The lowest BCUT2D eigenvalue weighted by Gasteiger charge is -2.45. The van der Waals surface area contributed by atoms with Crippen LogP contribution in [0, 0.1) is 12.8 Å². The van der Waals surface area contributed by atoms with Crippen LogP contribution in [-0.4, -0.2) is 81.4 Å². The highest BCUT2D eigenvalue weighted by molar-refractivity contribution is 6.99. The number of ether oxygens (including phenoxy) is 5. The summed E-state index contributed by atoms with van der Waals surface area (Å²) < 4.78 is 45.3. The lowest BCUT2D eigenvalue weighted by Crippen LogP contribution is -2.67. The first kappa shape index (κ1) is 52.5. The Morgan fingerprint density at radius 3 is 1.94 bits per heavy atom. The van der Waals surface area contributed by atoms with E-state index >= 15 is 0 Å². The summed E-state index contributed by atoms with van der Waals surface area (Å²) >= 11 is 0. The molecule has 0 spiro atoms. The summed E-state index contributed by atoms with van der Waals surface area (Å²) in [5.41, 5.74) is 2.05. The van der Waals surface area contributed by atoms with Gasteiger partial charge in [-0.25, -0.2) is 4.79 Å². The summed E-state index contributed by atoms with van der Waals surface area (Å²) in [7, 11) is -4.96. The first-order valence-corrected chi connectivity index (χ1v) is 31.3. The van der Waals surface area contributed by atoms with Crippen molar-refractivity contribution in [1.29, 1.82) is 0 Å². The van der Waals surface area contributed by atoms with Crippen LogP contribution >= 0.6 is 0 Å². The Morgan fingerprint density at radius 1 is 0.825 bits per heavy atom. The van der Waals surface area contributed by atoms with Gasteiger partial charge in [-0.2, -0.15) is 0 Å². The molecule has 0 radical (unpaired) electrons. The molecule has 1 unspecified atom stereocenters. The predicted octanol–water partition coefficient (Wildman–Crippen LogP) is 11.9. The van der Waals surface area contributed by atoms with Crippen molar-refractivity contribution < 1.29 is 37.3 Å². The van der Waals surface area contributed by atoms with Crippen molar-refractivity contribution in [2.45, 2.75) is 162 Å². The van der Waals surface area contributed by atoms with E-state index in [9.17, 15) is 4.79 Å². The Hall–Kier alpha value is -3.14. The summed E-state index contributed by atoms with van der Waals surface area (Å²) in [4.78, 5) is 13.7. The summed E-state index contributed by atoms with van der Waals surface area (Å²) in [5, 5.41) is 2.34. The minimum absolute atomic E-state index is 0.0118. The van der Waals surface area contributed by atoms with Crippen LogP contribution in [0.25, 0.3) is 6.08 Å². The van der Waals surface area contributed by atoms with Gasteiger partial charge in [0.15, 0.2) is 20.9 Å². The number of rotatable bonds is 20. The molecule has 1 saturated heterocycles. The monoisotopic (exact) mass is 917 g/mol. The third-order valence-electron chi connectivity index (χ3n) is 12.5. The molecule has 0 N–H and O–H groups in total. The van der Waals surface area contributed by atoms with Gasteiger partial charge < -0.3 is 32.5 Å². The topological polar surface area (TPSA) is 81.7 Å². The number of aryl methyl sites for hydroxylation is 1. The zero-order chi connectivity index (χ0) is 47.0. The van der Waals surface area contributed by atoms with E-state index in [1.165, 1.54) is 10.4 Å². The largest absolute Gasteiger partial charge is 0.467 e. The second kappa shape index (κ2) is 21.4. The van der Waals surface area contributed by atoms with Gasteiger partial charge in [-0.15, -0.1) is 0 Å². The molecule has 1 fully saturated rings. The van der Waals surface area contributed by atoms with Crippen LogP contribution in [0.2, 0.25) is 48.9 Å². The maximum atomic E-state index is 13.7. The van der Waals surface area contributed by atoms with Gasteiger partial charge in [0.05, 0.1) is 18.8 Å². The van der Waals surface area contributed by atoms with E-state index in [0.29, 0.717) is 29.9 Å². The van der Waals surface area contributed by atoms with E-state index in [1.54, 1.807) is 7.11 Å². The number of carbonyl (C=O) groups excluding carboxylic acids is 1. The zero-order valence-corrected chi connectivity index (χ0v) is 44.7. The Bertz CT molecular complexity index is 1940. The Labute approximate surface area is 384 Å². The number of benzene rings is 3. The van der Waals surface area contributed by atoms with Gasteiger partial charge in [-0.1, -0.05) is 159 Å². The highest BCUT2D eigenvalue weighted by Gasteiger charge is 2.52. The van der Waals surface area contributed by atoms with Crippen LogP contribution in [0.1, 0.15) is 97.1 Å². The Kier molecular flexibility index (Phi) is 17.9. The maximum absolute atomic E-state index is 13.7. The van der Waals surface area contributed by atoms with E-state index in [1.807, 2.05) is 39.0 Å². The molecule has 5 atom stereocenters. The fourth-order valence-corrected chi connectivity index (χ4v) is 14.5. The SMILES string of the molecule is COCOc1cc(C)cc(/C=C/C[C@H]2OC(C)(C)O[C@@H]2C(/C=C\[C@H](C)[C@H](C)O[Si](c2ccccc2)(c2ccccc2)C(C)(C)C)O[Si](C)(C)C(C)(C)C)c1C(=O)OCC[Si](C)(C)C. The molecular formula is C52H80O8Si3. The van der Waals surface area contributed by atoms with Gasteiger partial charge in [-0.3, -0.25) is 0 Å². The molecule has 3 aromatic carbocycles. The maximum Gasteiger partial charge on any atom is 0.342 e. The number of esters is 1. The number of methoxy groups -OCH3 is 1. The lowest BCUT2D eigenvalue weighted by atomic mass is 9.99. The quantitative estimate of drug-likeness (QED) is 0.0480. The van der Waals surface area contributed by atoms with Crippen molar-refractivity contribution >= 4 is 47.1 Å². The molecule has 11 heteroatoms. The van der Waals surface area contributed by atoms with Crippen molar-refractivity contribution in [3.63, 3.8) is 0 Å². The molecule has 0 aliphatic carbocycles. The molecule has 1 aliphatic heterocycles. The Morgan fingerprint density at radius 2 is 1.41 bits per heavy atom. The van der Waals surface area contributed by atoms with E-state index in [4.69, 9.17) is 32.5 Å². The molecular weight excluding hydrogens is 837 g/mol. The van der Waals surface area contributed by atoms with Crippen LogP contribution < -0.4 is 15.1 Å². The number of carbonyl (C=O) groups is 1. The molecule has 1 heterocycles. The minimum Gasteiger partial charge on any atom is -0.467 e. The van der Waals surface area contributed by atoms with Crippen molar-refractivity contribution in [2.24, 2.45) is 5.92 Å². The van der Waals surface area contributed by atoms with E-state index in [2.05, 4.69) is 167 Å². The summed E-state index contributed by atoms with van der Waals surface area (Å²) in [6, 6.07) is 26.3. The fourth-order valence-electron chi connectivity index (χ4n) is 7.79. The molecule has 8 nitrogen and oxygen atoms in total. The number of hydrogen-bond acceptors (Lipinski definition) is 8. The van der Waals surface area contributed by atoms with Crippen molar-refractivity contribution in [1.82, 2.24) is 0 Å². The third kappa shape index (κ3) is 13.9. The molecule has 0 amide bonds. The summed E-state index contributed by atoms with van der Waals surface area (Å²) in [5.74, 6) is -0.767. The predicted molar refractivity (Wildman–Crippen MR) is 268 cm³/mol. The van der Waals surface area contributed by atoms with Gasteiger partial charge >= 0.3 is 5.97 Å². The van der Waals surface area contributed by atoms with Crippen LogP contribution in [0.4, 0.5) is 0 Å². The molecule has 0 bridgehead atoms. The highest BCUT2D eigenvalue weighted by Crippen LogP contribution is 2.42. The third-order valence-corrected chi connectivity index (χ3v) is 23.8. The van der Waals surface area contributed by atoms with Gasteiger partial charge in [0.25, 0.3) is 8.32 Å². The second-order valence-corrected chi connectivity index (χ2v) is 36.2. The number of hydrogen-bond donors (Lipinski definition) is 0. The lowest BCUT2D eigenvalue weighted by molar-refractivity contribution is -0.151. The van der Waals surface area contributed by atoms with E-state index in [-0.39, 0.29) is 35.0 Å². The normalized spacial score (nSPS) is 19.1. The second-order valence-electron chi connectivity index (χ2n) is 21.6. The summed E-state index contributed by atoms with van der Waals surface area (Å²) in [6.45, 7) is 35.8. The molecule has 3 aromatic rings. The minimum atomic E-state index is -2.79. The molecule has 1 aliphatic rings. The molecule has 0 aromatic heterocycles. The van der Waals surface area contributed by atoms with Crippen molar-refractivity contribution in [3.05, 3.63) is 108 Å². The van der Waals surface area contributed by atoms with Gasteiger partial charge in [0.1, 0.15) is 17.4 Å². The van der Waals surface area contributed by atoms with Crippen LogP contribution in [0.5, 0.6) is 5.75 Å². The smallest absolute Gasteiger partial charge is 0.342 e. The average molecular weight is 917 g/mol. The van der Waals surface area contributed by atoms with E-state index < -0.39 is 48.7 Å². The Balaban J connectivity index is 1.70. The van der Waals surface area contributed by atoms with Crippen molar-refractivity contribution in [2.75, 3.05) is 20.5 Å². The molecule has 63 heavy (non-hydrogen) atoms. The van der Waals surface area contributed by atoms with Gasteiger partial charge in [0, 0.05) is 21.3 Å². The van der Waals surface area contributed by atoms with Gasteiger partial charge in [0.2, 0.25) is 0 Å². The standard InChI is InChI=1S/C52H80O8Si3/c1-38-35-41(47(46(36-38)56-37-54-12)49(53)55-33-34-61(13,14)15)25-24-30-44-48(58-52(10,11)57-44)45(60-62(16,17)50(4,5)6)32-31-39(2)40(3)59-63(51(7,8)9,42-26-20-18-21-27-42)43-28-22-19-23-29-43/h18-29,31-32,35-36,39-40,44-45,48H,30,33-34,37H2,1-17H3/b25-24+,32-31-/t39-,40-,44+,45?,48-/m0/s1. The molecule has 348 valence electrons. The van der Waals surface area contributed by atoms with Crippen molar-refractivity contribution in [3.8, 4) is 5.75 Å². The van der Waals surface area contributed by atoms with Gasteiger partial charge in [-0.05, 0) is 96.8 Å². The summed E-state index contributed by atoms with van der Waals surface area (Å²) in [6.07, 6.45) is 7.78. The van der Waals surface area contributed by atoms with Crippen LogP contribution in [-0.2, 0) is 27.8 Å². The first-order valence-electron chi connectivity index (χ1n) is 22.8. The average Bonchev–Trinajstić information content (AvgIpc) is 3.49. The fraction of sp³-hybridized carbons (Fsp3) is 0.558. The molecule has 4 rings (SSSR count). The molecule has 0 saturated carbocycles. The van der Waals surface area contributed by atoms with Crippen LogP contribution in [0.3, 0.4) is 0 Å². The zero-order valence-electron chi connectivity index (χ0n) is 41.7. The first-order chi connectivity index (χ1) is 29.2.